The van der Waals surface area contributed by atoms with E-state index in [1.54, 1.807) is 17.0 Å². The zero-order valence-corrected chi connectivity index (χ0v) is 9.22. The molecular weight excluding hydrogens is 200 g/mol. The van der Waals surface area contributed by atoms with Gasteiger partial charge in [-0.1, -0.05) is 6.07 Å². The molecule has 1 rings (SSSR count). The van der Waals surface area contributed by atoms with Crippen LogP contribution in [0.15, 0.2) is 18.2 Å². The van der Waals surface area contributed by atoms with E-state index in [-0.39, 0.29) is 0 Å². The molecule has 0 unspecified atom stereocenters. The molecule has 0 saturated heterocycles. The van der Waals surface area contributed by atoms with Crippen LogP contribution in [0.25, 0.3) is 0 Å². The number of halogens is 1. The van der Waals surface area contributed by atoms with Gasteiger partial charge in [0, 0.05) is 19.7 Å². The summed E-state index contributed by atoms with van der Waals surface area (Å²) in [6, 6.07) is 5.41. The zero-order chi connectivity index (χ0) is 10.7. The van der Waals surface area contributed by atoms with Crippen LogP contribution in [0.4, 0.5) is 0 Å². The van der Waals surface area contributed by atoms with E-state index in [0.29, 0.717) is 11.6 Å². The molecule has 0 aromatic heterocycles. The van der Waals surface area contributed by atoms with Crippen LogP contribution < -0.4 is 4.29 Å². The maximum atomic E-state index is 7.82. The Hall–Kier alpha value is -1.22. The van der Waals surface area contributed by atoms with Crippen molar-refractivity contribution in [2.75, 3.05) is 14.1 Å². The number of aryl methyl sites for hydroxylation is 1. The highest BCUT2D eigenvalue weighted by Gasteiger charge is 2.08. The molecule has 0 aliphatic heterocycles. The van der Waals surface area contributed by atoms with Crippen LogP contribution in [0, 0.1) is 12.3 Å². The van der Waals surface area contributed by atoms with Crippen molar-refractivity contribution < 1.29 is 4.29 Å². The molecule has 0 bridgehead atoms. The van der Waals surface area contributed by atoms with E-state index in [4.69, 9.17) is 17.3 Å². The molecule has 0 fully saturated rings. The van der Waals surface area contributed by atoms with E-state index in [2.05, 4.69) is 4.29 Å². The number of nitrogens with one attached hydrogen (secondary N) is 1. The average Bonchev–Trinajstić information content (AvgIpc) is 2.17. The first kappa shape index (κ1) is 10.9. The van der Waals surface area contributed by atoms with Crippen molar-refractivity contribution in [3.05, 3.63) is 29.3 Å². The highest BCUT2D eigenvalue weighted by Crippen LogP contribution is 2.19. The van der Waals surface area contributed by atoms with Crippen molar-refractivity contribution in [2.24, 2.45) is 0 Å². The third-order valence-corrected chi connectivity index (χ3v) is 2.18. The van der Waals surface area contributed by atoms with Crippen molar-refractivity contribution in [3.63, 3.8) is 0 Å². The van der Waals surface area contributed by atoms with Crippen LogP contribution in [0.1, 0.15) is 11.1 Å². The van der Waals surface area contributed by atoms with E-state index in [1.165, 1.54) is 0 Å². The maximum absolute atomic E-state index is 7.82. The SMILES string of the molecule is Cc1ccc(OCl)cc1C(=N)N(C)C. The van der Waals surface area contributed by atoms with Crippen LogP contribution in [0.3, 0.4) is 0 Å². The summed E-state index contributed by atoms with van der Waals surface area (Å²) >= 11 is 5.25. The molecule has 4 heteroatoms. The minimum atomic E-state index is 0.443. The van der Waals surface area contributed by atoms with Gasteiger partial charge < -0.3 is 9.19 Å². The van der Waals surface area contributed by atoms with Gasteiger partial charge in [-0.2, -0.15) is 0 Å². The monoisotopic (exact) mass is 212 g/mol. The van der Waals surface area contributed by atoms with Crippen LogP contribution in [-0.2, 0) is 0 Å². The van der Waals surface area contributed by atoms with Gasteiger partial charge in [0.2, 0.25) is 0 Å². The van der Waals surface area contributed by atoms with Gasteiger partial charge in [0.15, 0.2) is 0 Å². The van der Waals surface area contributed by atoms with Crippen molar-refractivity contribution in [3.8, 4) is 5.75 Å². The number of rotatable bonds is 2. The number of hydrogen-bond donors (Lipinski definition) is 1. The molecule has 76 valence electrons. The molecule has 0 heterocycles. The lowest BCUT2D eigenvalue weighted by molar-refractivity contribution is 0.610. The first-order chi connectivity index (χ1) is 6.56. The second-order valence-electron chi connectivity index (χ2n) is 3.30. The topological polar surface area (TPSA) is 36.3 Å². The van der Waals surface area contributed by atoms with Crippen molar-refractivity contribution >= 4 is 17.7 Å². The summed E-state index contributed by atoms with van der Waals surface area (Å²) in [5.74, 6) is 0.997. The maximum Gasteiger partial charge on any atom is 0.147 e. The highest BCUT2D eigenvalue weighted by molar-refractivity contribution is 6.09. The molecule has 1 N–H and O–H groups in total. The fourth-order valence-electron chi connectivity index (χ4n) is 1.15. The van der Waals surface area contributed by atoms with Crippen molar-refractivity contribution in [2.45, 2.75) is 6.92 Å². The van der Waals surface area contributed by atoms with E-state index in [9.17, 15) is 0 Å². The lowest BCUT2D eigenvalue weighted by Gasteiger charge is -2.15. The van der Waals surface area contributed by atoms with Crippen LogP contribution in [-0.4, -0.2) is 24.8 Å². The molecular formula is C10H13ClN2O. The summed E-state index contributed by atoms with van der Waals surface area (Å²) < 4.78 is 4.60. The smallest absolute Gasteiger partial charge is 0.147 e. The standard InChI is InChI=1S/C10H13ClN2O/c1-7-4-5-8(14-11)6-9(7)10(12)13(2)3/h4-6,12H,1-3H3. The summed E-state index contributed by atoms with van der Waals surface area (Å²) in [6.45, 7) is 1.95. The summed E-state index contributed by atoms with van der Waals surface area (Å²) in [7, 11) is 3.66. The van der Waals surface area contributed by atoms with Gasteiger partial charge in [-0.3, -0.25) is 5.41 Å². The summed E-state index contributed by atoms with van der Waals surface area (Å²) in [5, 5.41) is 7.82. The average molecular weight is 213 g/mol. The van der Waals surface area contributed by atoms with Gasteiger partial charge in [0.1, 0.15) is 23.5 Å². The Morgan fingerprint density at radius 3 is 2.57 bits per heavy atom. The second kappa shape index (κ2) is 4.33. The third-order valence-electron chi connectivity index (χ3n) is 2.00. The van der Waals surface area contributed by atoms with Crippen molar-refractivity contribution in [1.82, 2.24) is 4.90 Å². The van der Waals surface area contributed by atoms with Gasteiger partial charge >= 0.3 is 0 Å². The Labute approximate surface area is 88.9 Å². The lowest BCUT2D eigenvalue weighted by Crippen LogP contribution is -2.22. The van der Waals surface area contributed by atoms with E-state index < -0.39 is 0 Å². The minimum Gasteiger partial charge on any atom is -0.386 e. The van der Waals surface area contributed by atoms with Gasteiger partial charge in [-0.15, -0.1) is 0 Å². The van der Waals surface area contributed by atoms with Gasteiger partial charge in [-0.25, -0.2) is 0 Å². The fraction of sp³-hybridized carbons (Fsp3) is 0.300. The summed E-state index contributed by atoms with van der Waals surface area (Å²) in [4.78, 5) is 1.74. The van der Waals surface area contributed by atoms with Gasteiger partial charge in [-0.05, 0) is 24.6 Å². The molecule has 3 nitrogen and oxygen atoms in total. The Morgan fingerprint density at radius 2 is 2.07 bits per heavy atom. The third kappa shape index (κ3) is 2.17. The van der Waals surface area contributed by atoms with E-state index >= 15 is 0 Å². The molecule has 0 amide bonds. The summed E-state index contributed by atoms with van der Waals surface area (Å²) in [5.41, 5.74) is 1.86. The Morgan fingerprint density at radius 1 is 1.43 bits per heavy atom. The fourth-order valence-corrected chi connectivity index (χ4v) is 1.24. The molecule has 1 aromatic carbocycles. The first-order valence-electron chi connectivity index (χ1n) is 4.21. The lowest BCUT2D eigenvalue weighted by atomic mass is 10.1. The largest absolute Gasteiger partial charge is 0.386 e. The second-order valence-corrected chi connectivity index (χ2v) is 3.45. The predicted octanol–water partition coefficient (Wildman–Crippen LogP) is 2.41. The highest BCUT2D eigenvalue weighted by atomic mass is 35.5. The minimum absolute atomic E-state index is 0.443. The van der Waals surface area contributed by atoms with E-state index in [0.717, 1.165) is 11.1 Å². The van der Waals surface area contributed by atoms with Crippen LogP contribution in [0.5, 0.6) is 5.75 Å². The Kier molecular flexibility index (Phi) is 3.36. The molecule has 0 spiro atoms. The molecule has 0 atom stereocenters. The van der Waals surface area contributed by atoms with Gasteiger partial charge in [0.25, 0.3) is 0 Å². The molecule has 0 aliphatic rings. The predicted molar refractivity (Wildman–Crippen MR) is 58.2 cm³/mol. The number of amidine groups is 1. The first-order valence-corrected chi connectivity index (χ1v) is 4.52. The molecule has 0 aliphatic carbocycles. The number of benzene rings is 1. The number of hydrogen-bond acceptors (Lipinski definition) is 2. The quantitative estimate of drug-likeness (QED) is 0.604. The molecule has 0 saturated carbocycles. The van der Waals surface area contributed by atoms with Crippen LogP contribution >= 0.6 is 11.9 Å². The van der Waals surface area contributed by atoms with Crippen molar-refractivity contribution in [1.29, 1.82) is 5.41 Å². The molecule has 1 aromatic rings. The van der Waals surface area contributed by atoms with Crippen LogP contribution in [0.2, 0.25) is 0 Å². The Balaban J connectivity index is 3.12. The Bertz CT molecular complexity index is 350. The molecule has 0 radical (unpaired) electrons. The molecule has 14 heavy (non-hydrogen) atoms. The summed E-state index contributed by atoms with van der Waals surface area (Å²) in [6.07, 6.45) is 0. The zero-order valence-electron chi connectivity index (χ0n) is 8.47. The number of nitrogens with zero attached hydrogens (tertiary/aromatic N) is 1. The normalized spacial score (nSPS) is 9.71. The van der Waals surface area contributed by atoms with E-state index in [1.807, 2.05) is 27.1 Å². The van der Waals surface area contributed by atoms with Gasteiger partial charge in [0.05, 0.1) is 0 Å².